The summed E-state index contributed by atoms with van der Waals surface area (Å²) in [5.74, 6) is -1.15. The molecule has 1 rings (SSSR count). The van der Waals surface area contributed by atoms with E-state index in [4.69, 9.17) is 10.2 Å². The van der Waals surface area contributed by atoms with Gasteiger partial charge in [0.1, 0.15) is 0 Å². The molecule has 0 radical (unpaired) electrons. The molecule has 0 bridgehead atoms. The van der Waals surface area contributed by atoms with Crippen LogP contribution in [0.2, 0.25) is 0 Å². The maximum atomic E-state index is 12.0. The van der Waals surface area contributed by atoms with Gasteiger partial charge in [0.2, 0.25) is 10.0 Å². The van der Waals surface area contributed by atoms with Crippen molar-refractivity contribution in [1.82, 2.24) is 4.31 Å². The maximum Gasteiger partial charge on any atom is 0.303 e. The molecule has 2 N–H and O–H groups in total. The second-order valence-corrected chi connectivity index (χ2v) is 6.30. The Morgan fingerprint density at radius 3 is 2.65 bits per heavy atom. The van der Waals surface area contributed by atoms with E-state index in [2.05, 4.69) is 0 Å². The lowest BCUT2D eigenvalue weighted by Crippen LogP contribution is -2.46. The standard InChI is InChI=1S/C10H19NO5S/c12-8-9-4-1-2-6-11(9)17(15,16)7-3-5-10(13)14/h9,12H,1-8H2,(H,13,14). The Morgan fingerprint density at radius 2 is 2.06 bits per heavy atom. The fourth-order valence-corrected chi connectivity index (χ4v) is 3.82. The number of rotatable bonds is 6. The molecule has 0 aromatic rings. The maximum absolute atomic E-state index is 12.0. The molecule has 0 spiro atoms. The van der Waals surface area contributed by atoms with E-state index in [1.807, 2.05) is 0 Å². The van der Waals surface area contributed by atoms with E-state index >= 15 is 0 Å². The normalized spacial score (nSPS) is 22.5. The number of aliphatic hydroxyl groups is 1. The van der Waals surface area contributed by atoms with Gasteiger partial charge in [-0.3, -0.25) is 4.79 Å². The zero-order chi connectivity index (χ0) is 12.9. The third kappa shape index (κ3) is 4.25. The van der Waals surface area contributed by atoms with E-state index in [-0.39, 0.29) is 31.2 Å². The highest BCUT2D eigenvalue weighted by atomic mass is 32.2. The molecule has 17 heavy (non-hydrogen) atoms. The van der Waals surface area contributed by atoms with Crippen molar-refractivity contribution in [3.05, 3.63) is 0 Å². The van der Waals surface area contributed by atoms with Gasteiger partial charge in [-0.1, -0.05) is 6.42 Å². The Hall–Kier alpha value is -0.660. The minimum atomic E-state index is -3.43. The third-order valence-electron chi connectivity index (χ3n) is 2.93. The molecule has 0 saturated carbocycles. The first kappa shape index (κ1) is 14.4. The summed E-state index contributed by atoms with van der Waals surface area (Å²) in [7, 11) is -3.43. The molecule has 1 aliphatic rings. The summed E-state index contributed by atoms with van der Waals surface area (Å²) in [4.78, 5) is 10.3. The molecule has 1 unspecified atom stereocenters. The summed E-state index contributed by atoms with van der Waals surface area (Å²) in [6, 6.07) is -0.335. The number of nitrogens with zero attached hydrogens (tertiary/aromatic N) is 1. The highest BCUT2D eigenvalue weighted by Crippen LogP contribution is 2.20. The first-order chi connectivity index (χ1) is 7.97. The number of sulfonamides is 1. The van der Waals surface area contributed by atoms with Crippen LogP contribution >= 0.6 is 0 Å². The van der Waals surface area contributed by atoms with Crippen LogP contribution in [0.25, 0.3) is 0 Å². The van der Waals surface area contributed by atoms with Crippen LogP contribution in [0.4, 0.5) is 0 Å². The van der Waals surface area contributed by atoms with Crippen molar-refractivity contribution < 1.29 is 23.4 Å². The largest absolute Gasteiger partial charge is 0.481 e. The molecular formula is C10H19NO5S. The quantitative estimate of drug-likeness (QED) is 0.706. The van der Waals surface area contributed by atoms with Crippen LogP contribution < -0.4 is 0 Å². The van der Waals surface area contributed by atoms with Crippen LogP contribution in [0.5, 0.6) is 0 Å². The third-order valence-corrected chi connectivity index (χ3v) is 4.93. The minimum Gasteiger partial charge on any atom is -0.481 e. The van der Waals surface area contributed by atoms with Gasteiger partial charge in [-0.25, -0.2) is 8.42 Å². The van der Waals surface area contributed by atoms with Crippen molar-refractivity contribution in [2.45, 2.75) is 38.1 Å². The average molecular weight is 265 g/mol. The Bertz CT molecular complexity index is 354. The van der Waals surface area contributed by atoms with Crippen molar-refractivity contribution in [2.24, 2.45) is 0 Å². The molecule has 0 amide bonds. The summed E-state index contributed by atoms with van der Waals surface area (Å²) in [5.41, 5.74) is 0. The molecule has 1 saturated heterocycles. The second-order valence-electron chi connectivity index (χ2n) is 4.26. The highest BCUT2D eigenvalue weighted by Gasteiger charge is 2.31. The number of aliphatic hydroxyl groups excluding tert-OH is 1. The number of carboxylic acids is 1. The lowest BCUT2D eigenvalue weighted by atomic mass is 10.1. The smallest absolute Gasteiger partial charge is 0.303 e. The average Bonchev–Trinajstić information content (AvgIpc) is 2.28. The predicted octanol–water partition coefficient (Wildman–Crippen LogP) is 0.0278. The molecule has 100 valence electrons. The zero-order valence-electron chi connectivity index (χ0n) is 9.71. The molecule has 0 aromatic heterocycles. The molecular weight excluding hydrogens is 246 g/mol. The number of carboxylic acid groups (broad SMARTS) is 1. The first-order valence-corrected chi connectivity index (χ1v) is 7.40. The minimum absolute atomic E-state index is 0.117. The summed E-state index contributed by atoms with van der Waals surface area (Å²) in [5, 5.41) is 17.6. The molecule has 1 atom stereocenters. The van der Waals surface area contributed by atoms with E-state index in [1.165, 1.54) is 4.31 Å². The zero-order valence-corrected chi connectivity index (χ0v) is 10.5. The second kappa shape index (κ2) is 6.32. The van der Waals surface area contributed by atoms with Crippen molar-refractivity contribution in [3.63, 3.8) is 0 Å². The van der Waals surface area contributed by atoms with Crippen LogP contribution in [-0.2, 0) is 14.8 Å². The van der Waals surface area contributed by atoms with Crippen LogP contribution in [0, 0.1) is 0 Å². The Kier molecular flexibility index (Phi) is 5.35. The van der Waals surface area contributed by atoms with Gasteiger partial charge < -0.3 is 10.2 Å². The number of carbonyl (C=O) groups is 1. The van der Waals surface area contributed by atoms with Crippen LogP contribution in [0.1, 0.15) is 32.1 Å². The number of hydrogen-bond donors (Lipinski definition) is 2. The molecule has 1 aliphatic heterocycles. The van der Waals surface area contributed by atoms with Crippen molar-refractivity contribution in [1.29, 1.82) is 0 Å². The summed E-state index contributed by atoms with van der Waals surface area (Å²) in [6.07, 6.45) is 2.37. The molecule has 0 aliphatic carbocycles. The van der Waals surface area contributed by atoms with Gasteiger partial charge in [0.25, 0.3) is 0 Å². The van der Waals surface area contributed by atoms with Gasteiger partial charge >= 0.3 is 5.97 Å². The van der Waals surface area contributed by atoms with Gasteiger partial charge in [-0.15, -0.1) is 0 Å². The summed E-state index contributed by atoms with van der Waals surface area (Å²) >= 11 is 0. The lowest BCUT2D eigenvalue weighted by molar-refractivity contribution is -0.137. The predicted molar refractivity (Wildman–Crippen MR) is 62.1 cm³/mol. The van der Waals surface area contributed by atoms with Gasteiger partial charge in [0.05, 0.1) is 12.4 Å². The molecule has 1 fully saturated rings. The topological polar surface area (TPSA) is 94.9 Å². The van der Waals surface area contributed by atoms with Crippen molar-refractivity contribution in [3.8, 4) is 0 Å². The monoisotopic (exact) mass is 265 g/mol. The highest BCUT2D eigenvalue weighted by molar-refractivity contribution is 7.89. The molecule has 1 heterocycles. The van der Waals surface area contributed by atoms with E-state index in [1.54, 1.807) is 0 Å². The summed E-state index contributed by atoms with van der Waals surface area (Å²) in [6.45, 7) is 0.263. The van der Waals surface area contributed by atoms with Crippen molar-refractivity contribution >= 4 is 16.0 Å². The molecule has 0 aromatic carbocycles. The SMILES string of the molecule is O=C(O)CCCS(=O)(=O)N1CCCCC1CO. The Morgan fingerprint density at radius 1 is 1.35 bits per heavy atom. The van der Waals surface area contributed by atoms with Crippen LogP contribution in [-0.4, -0.2) is 53.9 Å². The first-order valence-electron chi connectivity index (χ1n) is 5.79. The molecule has 6 nitrogen and oxygen atoms in total. The summed E-state index contributed by atoms with van der Waals surface area (Å²) < 4.78 is 25.2. The van der Waals surface area contributed by atoms with Crippen LogP contribution in [0.15, 0.2) is 0 Å². The van der Waals surface area contributed by atoms with E-state index in [0.29, 0.717) is 13.0 Å². The van der Waals surface area contributed by atoms with Gasteiger partial charge in [-0.05, 0) is 19.3 Å². The Labute approximate surface area is 101 Å². The number of piperidine rings is 1. The van der Waals surface area contributed by atoms with E-state index < -0.39 is 16.0 Å². The van der Waals surface area contributed by atoms with Gasteiger partial charge in [0.15, 0.2) is 0 Å². The van der Waals surface area contributed by atoms with Crippen molar-refractivity contribution in [2.75, 3.05) is 18.9 Å². The molecule has 7 heteroatoms. The van der Waals surface area contributed by atoms with Crippen LogP contribution in [0.3, 0.4) is 0 Å². The van der Waals surface area contributed by atoms with E-state index in [0.717, 1.165) is 12.8 Å². The van der Waals surface area contributed by atoms with Gasteiger partial charge in [-0.2, -0.15) is 4.31 Å². The number of hydrogen-bond acceptors (Lipinski definition) is 4. The van der Waals surface area contributed by atoms with E-state index in [9.17, 15) is 13.2 Å². The number of aliphatic carboxylic acids is 1. The fraction of sp³-hybridized carbons (Fsp3) is 0.900. The Balaban J connectivity index is 2.58. The van der Waals surface area contributed by atoms with Gasteiger partial charge in [0, 0.05) is 19.0 Å². The fourth-order valence-electron chi connectivity index (χ4n) is 2.05. The lowest BCUT2D eigenvalue weighted by Gasteiger charge is -2.33.